The fourth-order valence-corrected chi connectivity index (χ4v) is 8.12. The van der Waals surface area contributed by atoms with Gasteiger partial charge in [0.05, 0.1) is 11.1 Å². The van der Waals surface area contributed by atoms with Gasteiger partial charge in [-0.25, -0.2) is 0 Å². The molecule has 1 atom stereocenters. The summed E-state index contributed by atoms with van der Waals surface area (Å²) in [4.78, 5) is 12.1. The van der Waals surface area contributed by atoms with Crippen LogP contribution in [0.1, 0.15) is 60.2 Å². The van der Waals surface area contributed by atoms with E-state index < -0.39 is 5.41 Å². The number of fused-ring (bicyclic) bond motifs is 5. The summed E-state index contributed by atoms with van der Waals surface area (Å²) in [6, 6.07) is 48.8. The number of benzene rings is 4. The second-order valence-electron chi connectivity index (χ2n) is 13.1. The molecular formula is C44H33N3Pt. The molecule has 2 aromatic heterocycles. The van der Waals surface area contributed by atoms with Crippen LogP contribution >= 0.6 is 0 Å². The third-order valence-electron chi connectivity index (χ3n) is 10.2. The molecule has 4 aromatic carbocycles. The van der Waals surface area contributed by atoms with Gasteiger partial charge in [0.25, 0.3) is 0 Å². The maximum Gasteiger partial charge on any atom is 2.00 e. The molecular weight excluding hydrogens is 766 g/mol. The Hall–Kier alpha value is -4.85. The van der Waals surface area contributed by atoms with E-state index in [0.717, 1.165) is 52.4 Å². The van der Waals surface area contributed by atoms with E-state index in [0.29, 0.717) is 0 Å². The van der Waals surface area contributed by atoms with E-state index >= 15 is 0 Å². The zero-order valence-electron chi connectivity index (χ0n) is 26.9. The van der Waals surface area contributed by atoms with Gasteiger partial charge in [0.2, 0.25) is 0 Å². The van der Waals surface area contributed by atoms with Crippen LogP contribution in [-0.2, 0) is 31.9 Å². The second-order valence-corrected chi connectivity index (χ2v) is 13.1. The van der Waals surface area contributed by atoms with Gasteiger partial charge in [0.15, 0.2) is 0 Å². The molecule has 3 nitrogen and oxygen atoms in total. The molecule has 0 N–H and O–H groups in total. The van der Waals surface area contributed by atoms with Gasteiger partial charge in [0.1, 0.15) is 0 Å². The Morgan fingerprint density at radius 1 is 0.646 bits per heavy atom. The molecule has 0 saturated carbocycles. The largest absolute Gasteiger partial charge is 2.00 e. The zero-order chi connectivity index (χ0) is 31.6. The molecule has 0 spiro atoms. The van der Waals surface area contributed by atoms with Crippen LogP contribution in [0.25, 0.3) is 16.8 Å². The van der Waals surface area contributed by atoms with Crippen molar-refractivity contribution in [3.63, 3.8) is 0 Å². The molecule has 9 rings (SSSR count). The molecule has 0 saturated heterocycles. The first-order valence-electron chi connectivity index (χ1n) is 16.4. The maximum absolute atomic E-state index is 5.06. The van der Waals surface area contributed by atoms with E-state index in [-0.39, 0.29) is 26.5 Å². The van der Waals surface area contributed by atoms with E-state index in [4.69, 9.17) is 4.98 Å². The maximum atomic E-state index is 5.06. The Kier molecular flexibility index (Phi) is 7.42. The third-order valence-corrected chi connectivity index (χ3v) is 10.2. The van der Waals surface area contributed by atoms with Crippen molar-refractivity contribution in [1.29, 1.82) is 0 Å². The van der Waals surface area contributed by atoms with Crippen LogP contribution in [0.15, 0.2) is 145 Å². The fraction of sp³-hybridized carbons (Fsp3) is 0.136. The summed E-state index contributed by atoms with van der Waals surface area (Å²) in [6.07, 6.45) is 10.7. The molecule has 234 valence electrons. The molecule has 1 aliphatic heterocycles. The van der Waals surface area contributed by atoms with Gasteiger partial charge in [-0.15, -0.1) is 35.4 Å². The van der Waals surface area contributed by atoms with Crippen LogP contribution < -0.4 is 4.90 Å². The van der Waals surface area contributed by atoms with Crippen LogP contribution in [0.5, 0.6) is 0 Å². The monoisotopic (exact) mass is 798 g/mol. The van der Waals surface area contributed by atoms with E-state index in [2.05, 4.69) is 139 Å². The summed E-state index contributed by atoms with van der Waals surface area (Å²) in [5.74, 6) is 0. The Morgan fingerprint density at radius 2 is 1.40 bits per heavy atom. The zero-order valence-corrected chi connectivity index (χ0v) is 29.1. The minimum absolute atomic E-state index is 0. The van der Waals surface area contributed by atoms with Crippen molar-refractivity contribution in [2.75, 3.05) is 4.90 Å². The van der Waals surface area contributed by atoms with Crippen LogP contribution in [0.4, 0.5) is 17.1 Å². The van der Waals surface area contributed by atoms with E-state index in [1.165, 1.54) is 33.4 Å². The SMILES string of the molecule is CC1(C)c2ccc(-c3ccccn3)[c-]c2N(c2[c-]c(C3(c4ccccn4)C4=CCCC=C4c4ccccc43)ccc2)c2ccccc21.[Pt+2]. The average Bonchev–Trinajstić information content (AvgIpc) is 3.44. The van der Waals surface area contributed by atoms with Crippen molar-refractivity contribution in [2.45, 2.75) is 37.5 Å². The van der Waals surface area contributed by atoms with E-state index in [9.17, 15) is 0 Å². The molecule has 0 amide bonds. The molecule has 4 heteroatoms. The Labute approximate surface area is 297 Å². The van der Waals surface area contributed by atoms with Gasteiger partial charge in [0, 0.05) is 18.1 Å². The number of pyridine rings is 2. The summed E-state index contributed by atoms with van der Waals surface area (Å²) in [7, 11) is 0. The van der Waals surface area contributed by atoms with Crippen molar-refractivity contribution in [1.82, 2.24) is 9.97 Å². The minimum Gasteiger partial charge on any atom is -0.352 e. The van der Waals surface area contributed by atoms with Crippen molar-refractivity contribution in [2.24, 2.45) is 0 Å². The smallest absolute Gasteiger partial charge is 0.352 e. The first-order valence-corrected chi connectivity index (χ1v) is 16.4. The van der Waals surface area contributed by atoms with Crippen LogP contribution in [0.3, 0.4) is 0 Å². The Balaban J connectivity index is 0.00000336. The fourth-order valence-electron chi connectivity index (χ4n) is 8.12. The summed E-state index contributed by atoms with van der Waals surface area (Å²) in [5, 5.41) is 0. The van der Waals surface area contributed by atoms with Crippen molar-refractivity contribution in [3.8, 4) is 11.3 Å². The topological polar surface area (TPSA) is 29.0 Å². The summed E-state index contributed by atoms with van der Waals surface area (Å²) >= 11 is 0. The quantitative estimate of drug-likeness (QED) is 0.166. The van der Waals surface area contributed by atoms with Crippen LogP contribution in [0, 0.1) is 12.1 Å². The normalized spacial score (nSPS) is 18.3. The molecule has 3 heterocycles. The minimum atomic E-state index is -0.586. The van der Waals surface area contributed by atoms with Gasteiger partial charge < -0.3 is 9.88 Å². The Bertz CT molecular complexity index is 2240. The van der Waals surface area contributed by atoms with E-state index in [1.807, 2.05) is 36.7 Å². The first kappa shape index (κ1) is 30.5. The number of aromatic nitrogens is 2. The van der Waals surface area contributed by atoms with Crippen molar-refractivity contribution in [3.05, 3.63) is 191 Å². The number of anilines is 3. The number of allylic oxidation sites excluding steroid dienone is 4. The van der Waals surface area contributed by atoms with Gasteiger partial charge >= 0.3 is 21.1 Å². The average molecular weight is 799 g/mol. The van der Waals surface area contributed by atoms with Gasteiger partial charge in [-0.1, -0.05) is 97.9 Å². The van der Waals surface area contributed by atoms with Crippen molar-refractivity contribution >= 4 is 22.6 Å². The molecule has 2 aliphatic carbocycles. The molecule has 6 aromatic rings. The molecule has 48 heavy (non-hydrogen) atoms. The number of para-hydroxylation sites is 1. The van der Waals surface area contributed by atoms with Crippen LogP contribution in [-0.4, -0.2) is 9.97 Å². The molecule has 0 radical (unpaired) electrons. The van der Waals surface area contributed by atoms with Crippen molar-refractivity contribution < 1.29 is 21.1 Å². The summed E-state index contributed by atoms with van der Waals surface area (Å²) in [5.41, 5.74) is 14.0. The Morgan fingerprint density at radius 3 is 2.21 bits per heavy atom. The van der Waals surface area contributed by atoms with Gasteiger partial charge in [-0.05, 0) is 81.7 Å². The predicted molar refractivity (Wildman–Crippen MR) is 190 cm³/mol. The number of hydrogen-bond donors (Lipinski definition) is 0. The molecule has 3 aliphatic rings. The van der Waals surface area contributed by atoms with Crippen LogP contribution in [0.2, 0.25) is 0 Å². The number of rotatable bonds is 4. The molecule has 1 unspecified atom stereocenters. The number of nitrogens with zero attached hydrogens (tertiary/aromatic N) is 3. The summed E-state index contributed by atoms with van der Waals surface area (Å²) in [6.45, 7) is 4.62. The van der Waals surface area contributed by atoms with Gasteiger partial charge in [-0.3, -0.25) is 4.98 Å². The third kappa shape index (κ3) is 4.37. The second kappa shape index (κ2) is 11.7. The van der Waals surface area contributed by atoms with Gasteiger partial charge in [-0.2, -0.15) is 18.2 Å². The first-order chi connectivity index (χ1) is 23.1. The molecule has 0 bridgehead atoms. The standard InChI is InChI=1S/C44H33N3.Pt/c1-43(2)37-20-7-8-22-40(37)47(41-28-30(24-25-38(41)43)39-21-9-11-26-45-39)32-15-13-14-31(29-32)44(42-23-10-12-27-46-42)35-18-5-3-16-33(35)34-17-4-6-19-36(34)44;/h3,5,7-27H,4,6H2,1-2H3;/q-2;+2. The molecule has 0 fully saturated rings. The summed E-state index contributed by atoms with van der Waals surface area (Å²) < 4.78 is 0. The number of hydrogen-bond acceptors (Lipinski definition) is 3. The predicted octanol–water partition coefficient (Wildman–Crippen LogP) is 10.3. The van der Waals surface area contributed by atoms with E-state index in [1.54, 1.807) is 0 Å².